The molecular formula is C16H27ClN4S. The number of nitrogens with one attached hydrogen (secondary N) is 2. The van der Waals surface area contributed by atoms with Gasteiger partial charge >= 0.3 is 0 Å². The van der Waals surface area contributed by atoms with Crippen molar-refractivity contribution in [2.24, 2.45) is 4.99 Å². The molecule has 22 heavy (non-hydrogen) atoms. The monoisotopic (exact) mass is 342 g/mol. The van der Waals surface area contributed by atoms with Crippen LogP contribution in [0, 0.1) is 0 Å². The van der Waals surface area contributed by atoms with E-state index in [4.69, 9.17) is 16.6 Å². The van der Waals surface area contributed by atoms with Crippen molar-refractivity contribution in [1.29, 1.82) is 0 Å². The number of nitrogens with zero attached hydrogens (tertiary/aromatic N) is 2. The van der Waals surface area contributed by atoms with E-state index in [0.29, 0.717) is 6.04 Å². The van der Waals surface area contributed by atoms with Crippen LogP contribution in [0.3, 0.4) is 0 Å². The Hall–Kier alpha value is -0.780. The van der Waals surface area contributed by atoms with Crippen LogP contribution in [0.25, 0.3) is 0 Å². The molecular weight excluding hydrogens is 316 g/mol. The van der Waals surface area contributed by atoms with Crippen LogP contribution in [0.1, 0.15) is 31.6 Å². The zero-order valence-corrected chi connectivity index (χ0v) is 15.1. The standard InChI is InChI=1S/C16H27ClN4S/c1-3-18-16(19-10-9-14-7-8-15(17)22-14)20-12-13-6-5-11-21(13)4-2/h7-8,13H,3-6,9-12H2,1-2H3,(H2,18,19,20). The Morgan fingerprint density at radius 3 is 2.95 bits per heavy atom. The zero-order chi connectivity index (χ0) is 15.8. The van der Waals surface area contributed by atoms with Crippen molar-refractivity contribution in [3.8, 4) is 0 Å². The topological polar surface area (TPSA) is 39.7 Å². The van der Waals surface area contributed by atoms with Gasteiger partial charge in [-0.3, -0.25) is 9.89 Å². The molecule has 1 fully saturated rings. The highest BCUT2D eigenvalue weighted by Crippen LogP contribution is 2.21. The van der Waals surface area contributed by atoms with Crippen molar-refractivity contribution < 1.29 is 0 Å². The molecule has 0 spiro atoms. The van der Waals surface area contributed by atoms with Crippen LogP contribution in [-0.2, 0) is 6.42 Å². The fourth-order valence-corrected chi connectivity index (χ4v) is 3.93. The smallest absolute Gasteiger partial charge is 0.191 e. The second-order valence-corrected chi connectivity index (χ2v) is 7.33. The first-order valence-corrected chi connectivity index (χ1v) is 9.42. The van der Waals surface area contributed by atoms with Gasteiger partial charge in [0, 0.05) is 24.0 Å². The fraction of sp³-hybridized carbons (Fsp3) is 0.688. The number of aliphatic imine (C=N–C) groups is 1. The van der Waals surface area contributed by atoms with Gasteiger partial charge in [0.05, 0.1) is 10.9 Å². The van der Waals surface area contributed by atoms with Crippen LogP contribution < -0.4 is 10.6 Å². The van der Waals surface area contributed by atoms with Crippen LogP contribution in [0.2, 0.25) is 4.34 Å². The first-order valence-electron chi connectivity index (χ1n) is 8.23. The summed E-state index contributed by atoms with van der Waals surface area (Å²) >= 11 is 7.61. The molecule has 124 valence electrons. The summed E-state index contributed by atoms with van der Waals surface area (Å²) in [7, 11) is 0. The number of halogens is 1. The van der Waals surface area contributed by atoms with Gasteiger partial charge < -0.3 is 10.6 Å². The van der Waals surface area contributed by atoms with Crippen LogP contribution in [0.5, 0.6) is 0 Å². The summed E-state index contributed by atoms with van der Waals surface area (Å²) in [6.07, 6.45) is 3.55. The summed E-state index contributed by atoms with van der Waals surface area (Å²) in [5.41, 5.74) is 0. The Bertz CT molecular complexity index is 474. The molecule has 1 aliphatic heterocycles. The summed E-state index contributed by atoms with van der Waals surface area (Å²) in [6.45, 7) is 9.34. The molecule has 2 heterocycles. The molecule has 1 aromatic heterocycles. The molecule has 2 N–H and O–H groups in total. The Kier molecular flexibility index (Phi) is 7.49. The normalized spacial score (nSPS) is 19.6. The van der Waals surface area contributed by atoms with Crippen LogP contribution in [0.4, 0.5) is 0 Å². The van der Waals surface area contributed by atoms with E-state index < -0.39 is 0 Å². The highest BCUT2D eigenvalue weighted by Gasteiger charge is 2.22. The number of guanidine groups is 1. The first-order chi connectivity index (χ1) is 10.7. The second-order valence-electron chi connectivity index (χ2n) is 5.53. The van der Waals surface area contributed by atoms with Gasteiger partial charge in [0.1, 0.15) is 0 Å². The molecule has 1 saturated heterocycles. The Morgan fingerprint density at radius 2 is 2.27 bits per heavy atom. The maximum absolute atomic E-state index is 5.96. The van der Waals surface area contributed by atoms with Crippen molar-refractivity contribution in [3.05, 3.63) is 21.3 Å². The minimum atomic E-state index is 0.608. The SMILES string of the molecule is CCNC(=NCC1CCCN1CC)NCCc1ccc(Cl)s1. The molecule has 1 unspecified atom stereocenters. The highest BCUT2D eigenvalue weighted by molar-refractivity contribution is 7.16. The van der Waals surface area contributed by atoms with E-state index in [0.717, 1.165) is 42.9 Å². The molecule has 1 atom stereocenters. The van der Waals surface area contributed by atoms with Gasteiger partial charge in [-0.15, -0.1) is 11.3 Å². The van der Waals surface area contributed by atoms with Gasteiger partial charge in [-0.05, 0) is 51.4 Å². The maximum Gasteiger partial charge on any atom is 0.191 e. The maximum atomic E-state index is 5.96. The summed E-state index contributed by atoms with van der Waals surface area (Å²) < 4.78 is 0.858. The van der Waals surface area contributed by atoms with E-state index in [9.17, 15) is 0 Å². The molecule has 2 rings (SSSR count). The molecule has 0 aromatic carbocycles. The minimum absolute atomic E-state index is 0.608. The van der Waals surface area contributed by atoms with Gasteiger partial charge in [0.25, 0.3) is 0 Å². The van der Waals surface area contributed by atoms with Crippen LogP contribution in [0.15, 0.2) is 17.1 Å². The Morgan fingerprint density at radius 1 is 1.41 bits per heavy atom. The molecule has 0 amide bonds. The predicted octanol–water partition coefficient (Wildman–Crippen LogP) is 2.98. The lowest BCUT2D eigenvalue weighted by Gasteiger charge is -2.21. The zero-order valence-electron chi connectivity index (χ0n) is 13.6. The second kappa shape index (κ2) is 9.38. The molecule has 0 bridgehead atoms. The lowest BCUT2D eigenvalue weighted by atomic mass is 10.2. The van der Waals surface area contributed by atoms with Gasteiger partial charge in [0.15, 0.2) is 5.96 Å². The van der Waals surface area contributed by atoms with E-state index in [-0.39, 0.29) is 0 Å². The van der Waals surface area contributed by atoms with Crippen molar-refractivity contribution >= 4 is 28.9 Å². The van der Waals surface area contributed by atoms with E-state index >= 15 is 0 Å². The summed E-state index contributed by atoms with van der Waals surface area (Å²) in [5, 5.41) is 6.75. The van der Waals surface area contributed by atoms with E-state index in [2.05, 4.69) is 35.4 Å². The van der Waals surface area contributed by atoms with Gasteiger partial charge in [-0.1, -0.05) is 18.5 Å². The molecule has 0 aliphatic carbocycles. The Balaban J connectivity index is 1.79. The third-order valence-corrected chi connectivity index (χ3v) is 5.29. The summed E-state index contributed by atoms with van der Waals surface area (Å²) in [5.74, 6) is 0.924. The lowest BCUT2D eigenvalue weighted by Crippen LogP contribution is -2.40. The van der Waals surface area contributed by atoms with Crippen LogP contribution >= 0.6 is 22.9 Å². The molecule has 0 saturated carbocycles. The average molecular weight is 343 g/mol. The van der Waals surface area contributed by atoms with Gasteiger partial charge in [-0.2, -0.15) is 0 Å². The molecule has 0 radical (unpaired) electrons. The highest BCUT2D eigenvalue weighted by atomic mass is 35.5. The number of likely N-dealkylation sites (tertiary alicyclic amines) is 1. The molecule has 1 aliphatic rings. The van der Waals surface area contributed by atoms with Crippen molar-refractivity contribution in [1.82, 2.24) is 15.5 Å². The molecule has 4 nitrogen and oxygen atoms in total. The van der Waals surface area contributed by atoms with Gasteiger partial charge in [-0.25, -0.2) is 0 Å². The Labute approximate surface area is 143 Å². The van der Waals surface area contributed by atoms with Crippen LogP contribution in [-0.4, -0.2) is 49.6 Å². The minimum Gasteiger partial charge on any atom is -0.357 e. The first kappa shape index (κ1) is 17.6. The van der Waals surface area contributed by atoms with Crippen molar-refractivity contribution in [2.75, 3.05) is 32.7 Å². The van der Waals surface area contributed by atoms with E-state index in [1.54, 1.807) is 11.3 Å². The summed E-state index contributed by atoms with van der Waals surface area (Å²) in [6, 6.07) is 4.66. The third kappa shape index (κ3) is 5.45. The average Bonchev–Trinajstić information content (AvgIpc) is 3.13. The number of rotatable bonds is 7. The van der Waals surface area contributed by atoms with Gasteiger partial charge in [0.2, 0.25) is 0 Å². The van der Waals surface area contributed by atoms with E-state index in [1.165, 1.54) is 24.3 Å². The number of likely N-dealkylation sites (N-methyl/N-ethyl adjacent to an activating group) is 1. The third-order valence-electron chi connectivity index (χ3n) is 4.00. The molecule has 6 heteroatoms. The predicted molar refractivity (Wildman–Crippen MR) is 97.3 cm³/mol. The van der Waals surface area contributed by atoms with Crippen molar-refractivity contribution in [2.45, 2.75) is 39.2 Å². The molecule has 1 aromatic rings. The summed E-state index contributed by atoms with van der Waals surface area (Å²) in [4.78, 5) is 8.60. The quantitative estimate of drug-likeness (QED) is 0.591. The lowest BCUT2D eigenvalue weighted by molar-refractivity contribution is 0.273. The fourth-order valence-electron chi connectivity index (χ4n) is 2.85. The van der Waals surface area contributed by atoms with Crippen molar-refractivity contribution in [3.63, 3.8) is 0 Å². The largest absolute Gasteiger partial charge is 0.357 e. The van der Waals surface area contributed by atoms with E-state index in [1.807, 2.05) is 6.07 Å². The number of thiophene rings is 1. The number of hydrogen-bond donors (Lipinski definition) is 2. The number of hydrogen-bond acceptors (Lipinski definition) is 3.